The predicted molar refractivity (Wildman–Crippen MR) is 76.5 cm³/mol. The highest BCUT2D eigenvalue weighted by atomic mass is 19.1. The largest absolute Gasteiger partial charge is 0.488 e. The number of halogens is 1. The van der Waals surface area contributed by atoms with Crippen LogP contribution in [-0.4, -0.2) is 5.60 Å². The van der Waals surface area contributed by atoms with E-state index >= 15 is 0 Å². The fraction of sp³-hybridized carbons (Fsp3) is 0.250. The first-order valence-corrected chi connectivity index (χ1v) is 6.25. The lowest BCUT2D eigenvalue weighted by atomic mass is 10.2. The molecule has 1 N–H and O–H groups in total. The molecule has 0 amide bonds. The zero-order valence-corrected chi connectivity index (χ0v) is 11.4. The third-order valence-corrected chi connectivity index (χ3v) is 2.43. The number of para-hydroxylation sites is 1. The molecule has 2 rings (SSSR count). The Morgan fingerprint density at radius 1 is 0.947 bits per heavy atom. The Morgan fingerprint density at radius 2 is 1.58 bits per heavy atom. The monoisotopic (exact) mass is 259 g/mol. The van der Waals surface area contributed by atoms with Gasteiger partial charge in [-0.1, -0.05) is 12.1 Å². The summed E-state index contributed by atoms with van der Waals surface area (Å²) in [7, 11) is 0. The Balaban J connectivity index is 2.09. The first kappa shape index (κ1) is 13.4. The quantitative estimate of drug-likeness (QED) is 0.859. The highest BCUT2D eigenvalue weighted by molar-refractivity contribution is 5.60. The molecule has 0 aliphatic carbocycles. The van der Waals surface area contributed by atoms with Crippen LogP contribution in [0.15, 0.2) is 48.5 Å². The summed E-state index contributed by atoms with van der Waals surface area (Å²) >= 11 is 0. The maximum absolute atomic E-state index is 13.5. The molecule has 2 aromatic rings. The Bertz CT molecular complexity index is 543. The molecule has 0 aliphatic heterocycles. The predicted octanol–water partition coefficient (Wildman–Crippen LogP) is 4.75. The highest BCUT2D eigenvalue weighted by Crippen LogP contribution is 2.23. The van der Waals surface area contributed by atoms with Crippen molar-refractivity contribution in [2.75, 3.05) is 5.32 Å². The van der Waals surface area contributed by atoms with E-state index in [0.29, 0.717) is 5.69 Å². The first-order chi connectivity index (χ1) is 8.94. The fourth-order valence-electron chi connectivity index (χ4n) is 1.68. The summed E-state index contributed by atoms with van der Waals surface area (Å²) in [4.78, 5) is 0. The smallest absolute Gasteiger partial charge is 0.146 e. The Kier molecular flexibility index (Phi) is 3.74. The van der Waals surface area contributed by atoms with Crippen LogP contribution in [0.25, 0.3) is 0 Å². The van der Waals surface area contributed by atoms with Gasteiger partial charge in [-0.25, -0.2) is 4.39 Å². The molecule has 0 bridgehead atoms. The third kappa shape index (κ3) is 3.98. The van der Waals surface area contributed by atoms with Gasteiger partial charge in [0, 0.05) is 5.69 Å². The van der Waals surface area contributed by atoms with E-state index in [1.807, 2.05) is 45.0 Å². The molecule has 0 saturated heterocycles. The van der Waals surface area contributed by atoms with Crippen LogP contribution in [-0.2, 0) is 0 Å². The number of ether oxygens (including phenoxy) is 1. The molecule has 0 unspecified atom stereocenters. The van der Waals surface area contributed by atoms with Crippen LogP contribution in [0, 0.1) is 5.82 Å². The number of hydrogen-bond acceptors (Lipinski definition) is 2. The van der Waals surface area contributed by atoms with E-state index in [0.717, 1.165) is 11.4 Å². The van der Waals surface area contributed by atoms with Crippen molar-refractivity contribution in [3.63, 3.8) is 0 Å². The van der Waals surface area contributed by atoms with Crippen molar-refractivity contribution in [3.8, 4) is 5.75 Å². The molecule has 3 heteroatoms. The van der Waals surface area contributed by atoms with E-state index in [4.69, 9.17) is 4.74 Å². The van der Waals surface area contributed by atoms with Gasteiger partial charge in [-0.05, 0) is 57.2 Å². The molecular formula is C16H18FNO. The van der Waals surface area contributed by atoms with E-state index in [1.54, 1.807) is 18.2 Å². The van der Waals surface area contributed by atoms with E-state index in [-0.39, 0.29) is 11.4 Å². The summed E-state index contributed by atoms with van der Waals surface area (Å²) in [6.45, 7) is 6.00. The van der Waals surface area contributed by atoms with Gasteiger partial charge in [0.05, 0.1) is 5.69 Å². The van der Waals surface area contributed by atoms with E-state index in [2.05, 4.69) is 5.32 Å². The maximum atomic E-state index is 13.5. The van der Waals surface area contributed by atoms with Gasteiger partial charge >= 0.3 is 0 Å². The molecule has 0 radical (unpaired) electrons. The van der Waals surface area contributed by atoms with Crippen molar-refractivity contribution >= 4 is 11.4 Å². The molecule has 0 heterocycles. The first-order valence-electron chi connectivity index (χ1n) is 6.25. The molecule has 2 nitrogen and oxygen atoms in total. The molecule has 2 aromatic carbocycles. The lowest BCUT2D eigenvalue weighted by molar-refractivity contribution is 0.131. The average molecular weight is 259 g/mol. The number of nitrogens with one attached hydrogen (secondary N) is 1. The van der Waals surface area contributed by atoms with Gasteiger partial charge in [-0.15, -0.1) is 0 Å². The summed E-state index contributed by atoms with van der Waals surface area (Å²) in [5.74, 6) is 0.532. The number of anilines is 2. The van der Waals surface area contributed by atoms with Crippen LogP contribution in [0.5, 0.6) is 5.75 Å². The Labute approximate surface area is 113 Å². The molecule has 0 atom stereocenters. The standard InChI is InChI=1S/C16H18FNO/c1-16(2,3)19-13-10-8-12(9-11-13)18-15-7-5-4-6-14(15)17/h4-11,18H,1-3H3. The van der Waals surface area contributed by atoms with E-state index < -0.39 is 0 Å². The fourth-order valence-corrected chi connectivity index (χ4v) is 1.68. The summed E-state index contributed by atoms with van der Waals surface area (Å²) in [5, 5.41) is 3.03. The number of hydrogen-bond donors (Lipinski definition) is 1. The van der Waals surface area contributed by atoms with Crippen LogP contribution in [0.2, 0.25) is 0 Å². The summed E-state index contributed by atoms with van der Waals surface area (Å²) < 4.78 is 19.2. The van der Waals surface area contributed by atoms with Gasteiger partial charge in [0.15, 0.2) is 0 Å². The topological polar surface area (TPSA) is 21.3 Å². The molecule has 0 aromatic heterocycles. The van der Waals surface area contributed by atoms with Gasteiger partial charge in [0.2, 0.25) is 0 Å². The van der Waals surface area contributed by atoms with Crippen molar-refractivity contribution in [3.05, 3.63) is 54.3 Å². The summed E-state index contributed by atoms with van der Waals surface area (Å²) in [6, 6.07) is 14.1. The second-order valence-electron chi connectivity index (χ2n) is 5.34. The van der Waals surface area contributed by atoms with Crippen LogP contribution < -0.4 is 10.1 Å². The molecule has 0 aliphatic rings. The van der Waals surface area contributed by atoms with Crippen molar-refractivity contribution in [1.82, 2.24) is 0 Å². The Hall–Kier alpha value is -2.03. The minimum Gasteiger partial charge on any atom is -0.488 e. The average Bonchev–Trinajstić information content (AvgIpc) is 2.33. The number of benzene rings is 2. The van der Waals surface area contributed by atoms with Crippen molar-refractivity contribution in [2.45, 2.75) is 26.4 Å². The lowest BCUT2D eigenvalue weighted by Gasteiger charge is -2.21. The van der Waals surface area contributed by atoms with Crippen LogP contribution in [0.3, 0.4) is 0 Å². The maximum Gasteiger partial charge on any atom is 0.146 e. The summed E-state index contributed by atoms with van der Waals surface area (Å²) in [6.07, 6.45) is 0. The zero-order valence-electron chi connectivity index (χ0n) is 11.4. The van der Waals surface area contributed by atoms with Gasteiger partial charge in [0.25, 0.3) is 0 Å². The second kappa shape index (κ2) is 5.31. The minimum atomic E-state index is -0.266. The third-order valence-electron chi connectivity index (χ3n) is 2.43. The van der Waals surface area contributed by atoms with Gasteiger partial charge in [-0.3, -0.25) is 0 Å². The normalized spacial score (nSPS) is 11.2. The summed E-state index contributed by atoms with van der Waals surface area (Å²) in [5.41, 5.74) is 1.07. The van der Waals surface area contributed by atoms with E-state index in [1.165, 1.54) is 6.07 Å². The molecule has 19 heavy (non-hydrogen) atoms. The molecule has 0 saturated carbocycles. The van der Waals surface area contributed by atoms with Crippen LogP contribution >= 0.6 is 0 Å². The SMILES string of the molecule is CC(C)(C)Oc1ccc(Nc2ccccc2F)cc1. The molecule has 0 fully saturated rings. The molecule has 0 spiro atoms. The number of rotatable bonds is 3. The Morgan fingerprint density at radius 3 is 2.16 bits per heavy atom. The van der Waals surface area contributed by atoms with Crippen molar-refractivity contribution in [1.29, 1.82) is 0 Å². The van der Waals surface area contributed by atoms with Crippen LogP contribution in [0.1, 0.15) is 20.8 Å². The van der Waals surface area contributed by atoms with Crippen molar-refractivity contribution < 1.29 is 9.13 Å². The lowest BCUT2D eigenvalue weighted by Crippen LogP contribution is -2.22. The van der Waals surface area contributed by atoms with Gasteiger partial charge < -0.3 is 10.1 Å². The molecule has 100 valence electrons. The highest BCUT2D eigenvalue weighted by Gasteiger charge is 2.11. The van der Waals surface area contributed by atoms with Crippen molar-refractivity contribution in [2.24, 2.45) is 0 Å². The minimum absolute atomic E-state index is 0.222. The second-order valence-corrected chi connectivity index (χ2v) is 5.34. The van der Waals surface area contributed by atoms with Gasteiger partial charge in [-0.2, -0.15) is 0 Å². The van der Waals surface area contributed by atoms with Crippen LogP contribution in [0.4, 0.5) is 15.8 Å². The van der Waals surface area contributed by atoms with E-state index in [9.17, 15) is 4.39 Å². The molecular weight excluding hydrogens is 241 g/mol. The van der Waals surface area contributed by atoms with Gasteiger partial charge in [0.1, 0.15) is 17.2 Å². The zero-order chi connectivity index (χ0) is 13.9.